The Bertz CT molecular complexity index is 1110. The highest BCUT2D eigenvalue weighted by Gasteiger charge is 2.11. The molecule has 0 bridgehead atoms. The van der Waals surface area contributed by atoms with Crippen molar-refractivity contribution in [1.29, 1.82) is 0 Å². The van der Waals surface area contributed by atoms with Gasteiger partial charge in [0.2, 0.25) is 5.91 Å². The number of carbonyl (C=O) groups is 3. The van der Waals surface area contributed by atoms with Gasteiger partial charge >= 0.3 is 6.16 Å². The average Bonchev–Trinajstić information content (AvgIpc) is 2.80. The van der Waals surface area contributed by atoms with Gasteiger partial charge < -0.3 is 20.1 Å². The van der Waals surface area contributed by atoms with E-state index in [9.17, 15) is 14.4 Å². The van der Waals surface area contributed by atoms with E-state index in [0.29, 0.717) is 16.3 Å². The van der Waals surface area contributed by atoms with Gasteiger partial charge in [0, 0.05) is 22.8 Å². The second-order valence-electron chi connectivity index (χ2n) is 7.00. The summed E-state index contributed by atoms with van der Waals surface area (Å²) in [7, 11) is 0. The van der Waals surface area contributed by atoms with Gasteiger partial charge in [0.25, 0.3) is 5.91 Å². The van der Waals surface area contributed by atoms with Crippen LogP contribution in [-0.2, 0) is 22.5 Å². The second kappa shape index (κ2) is 11.7. The molecule has 170 valence electrons. The van der Waals surface area contributed by atoms with Crippen LogP contribution in [0.1, 0.15) is 28.4 Å². The van der Waals surface area contributed by atoms with Gasteiger partial charge in [-0.15, -0.1) is 0 Å². The molecule has 7 nitrogen and oxygen atoms in total. The van der Waals surface area contributed by atoms with Crippen LogP contribution in [0.25, 0.3) is 0 Å². The van der Waals surface area contributed by atoms with E-state index < -0.39 is 6.16 Å². The van der Waals surface area contributed by atoms with E-state index in [4.69, 9.17) is 21.1 Å². The largest absolute Gasteiger partial charge is 0.513 e. The van der Waals surface area contributed by atoms with E-state index in [1.807, 2.05) is 18.2 Å². The summed E-state index contributed by atoms with van der Waals surface area (Å²) in [5.41, 5.74) is 2.63. The lowest BCUT2D eigenvalue weighted by Crippen LogP contribution is -2.24. The minimum Gasteiger partial charge on any atom is -0.434 e. The first-order chi connectivity index (χ1) is 15.9. The summed E-state index contributed by atoms with van der Waals surface area (Å²) in [6.45, 7) is 2.11. The summed E-state index contributed by atoms with van der Waals surface area (Å²) in [6.07, 6.45) is -0.595. The zero-order chi connectivity index (χ0) is 23.6. The number of carbonyl (C=O) groups excluding carboxylic acids is 3. The second-order valence-corrected chi connectivity index (χ2v) is 7.44. The maximum absolute atomic E-state index is 12.5. The molecule has 0 unspecified atom stereocenters. The lowest BCUT2D eigenvalue weighted by atomic mass is 10.1. The van der Waals surface area contributed by atoms with Gasteiger partial charge in [0.15, 0.2) is 0 Å². The summed E-state index contributed by atoms with van der Waals surface area (Å²) >= 11 is 5.88. The van der Waals surface area contributed by atoms with Crippen LogP contribution in [0.5, 0.6) is 5.75 Å². The number of anilines is 1. The molecule has 0 fully saturated rings. The van der Waals surface area contributed by atoms with E-state index in [-0.39, 0.29) is 37.1 Å². The highest BCUT2D eigenvalue weighted by atomic mass is 35.5. The maximum atomic E-state index is 12.5. The van der Waals surface area contributed by atoms with E-state index >= 15 is 0 Å². The Morgan fingerprint density at radius 3 is 2.30 bits per heavy atom. The van der Waals surface area contributed by atoms with Crippen molar-refractivity contribution in [2.24, 2.45) is 0 Å². The van der Waals surface area contributed by atoms with Crippen molar-refractivity contribution in [3.63, 3.8) is 0 Å². The monoisotopic (exact) mass is 466 g/mol. The Hall–Kier alpha value is -3.84. The summed E-state index contributed by atoms with van der Waals surface area (Å²) in [6, 6.07) is 20.4. The zero-order valence-electron chi connectivity index (χ0n) is 18.0. The topological polar surface area (TPSA) is 93.7 Å². The fraction of sp³-hybridized carbons (Fsp3) is 0.160. The molecule has 0 aliphatic carbocycles. The summed E-state index contributed by atoms with van der Waals surface area (Å²) < 4.78 is 9.69. The van der Waals surface area contributed by atoms with Crippen LogP contribution in [0.4, 0.5) is 10.5 Å². The molecular formula is C25H23ClN2O5. The van der Waals surface area contributed by atoms with E-state index in [2.05, 4.69) is 10.6 Å². The van der Waals surface area contributed by atoms with Gasteiger partial charge in [-0.3, -0.25) is 9.59 Å². The molecule has 3 aromatic rings. The molecule has 2 amide bonds. The third-order valence-electron chi connectivity index (χ3n) is 4.59. The smallest absolute Gasteiger partial charge is 0.434 e. The number of hydrogen-bond acceptors (Lipinski definition) is 5. The Balaban J connectivity index is 1.57. The van der Waals surface area contributed by atoms with Gasteiger partial charge in [-0.25, -0.2) is 4.79 Å². The van der Waals surface area contributed by atoms with Gasteiger partial charge in [-0.2, -0.15) is 0 Å². The zero-order valence-corrected chi connectivity index (χ0v) is 18.7. The predicted octanol–water partition coefficient (Wildman–Crippen LogP) is 4.99. The van der Waals surface area contributed by atoms with Crippen molar-refractivity contribution in [3.8, 4) is 5.75 Å². The van der Waals surface area contributed by atoms with Gasteiger partial charge in [0.05, 0.1) is 13.0 Å². The number of rotatable bonds is 8. The van der Waals surface area contributed by atoms with Crippen LogP contribution in [0.15, 0.2) is 72.8 Å². The predicted molar refractivity (Wildman–Crippen MR) is 125 cm³/mol. The Morgan fingerprint density at radius 2 is 1.61 bits per heavy atom. The van der Waals surface area contributed by atoms with Crippen LogP contribution >= 0.6 is 11.6 Å². The van der Waals surface area contributed by atoms with Crippen molar-refractivity contribution >= 4 is 35.3 Å². The van der Waals surface area contributed by atoms with Crippen molar-refractivity contribution < 1.29 is 23.9 Å². The average molecular weight is 467 g/mol. The fourth-order valence-electron chi connectivity index (χ4n) is 2.97. The normalized spacial score (nSPS) is 10.2. The Morgan fingerprint density at radius 1 is 0.909 bits per heavy atom. The van der Waals surface area contributed by atoms with Crippen molar-refractivity contribution in [2.75, 3.05) is 11.9 Å². The molecule has 0 atom stereocenters. The highest BCUT2D eigenvalue weighted by Crippen LogP contribution is 2.17. The first-order valence-corrected chi connectivity index (χ1v) is 10.7. The third-order valence-corrected chi connectivity index (χ3v) is 4.84. The molecule has 0 saturated heterocycles. The Kier molecular flexibility index (Phi) is 8.43. The number of amides is 2. The van der Waals surface area contributed by atoms with Crippen molar-refractivity contribution in [3.05, 3.63) is 94.5 Å². The van der Waals surface area contributed by atoms with Gasteiger partial charge in [-0.1, -0.05) is 41.9 Å². The first kappa shape index (κ1) is 23.8. The molecule has 3 rings (SSSR count). The molecule has 0 radical (unpaired) electrons. The number of halogens is 1. The molecule has 33 heavy (non-hydrogen) atoms. The minimum atomic E-state index is -0.801. The van der Waals surface area contributed by atoms with E-state index in [0.717, 1.165) is 11.1 Å². The number of nitrogens with one attached hydrogen (secondary N) is 2. The molecule has 0 saturated carbocycles. The molecule has 0 heterocycles. The third kappa shape index (κ3) is 7.36. The van der Waals surface area contributed by atoms with Crippen molar-refractivity contribution in [1.82, 2.24) is 5.32 Å². The van der Waals surface area contributed by atoms with Crippen LogP contribution in [0.2, 0.25) is 5.02 Å². The molecule has 0 aromatic heterocycles. The van der Waals surface area contributed by atoms with Crippen LogP contribution < -0.4 is 15.4 Å². The molecule has 8 heteroatoms. The molecule has 2 N–H and O–H groups in total. The van der Waals surface area contributed by atoms with Crippen LogP contribution in [0.3, 0.4) is 0 Å². The van der Waals surface area contributed by atoms with E-state index in [1.165, 1.54) is 12.1 Å². The lowest BCUT2D eigenvalue weighted by molar-refractivity contribution is -0.115. The molecule has 0 aliphatic heterocycles. The Labute approximate surface area is 196 Å². The SMILES string of the molecule is CCOC(=O)Oc1ccc(C(=O)NCc2ccccc2NC(=O)Cc2ccc(Cl)cc2)cc1. The quantitative estimate of drug-likeness (QED) is 0.360. The number of hydrogen-bond donors (Lipinski definition) is 2. The standard InChI is InChI=1S/C25H23ClN2O5/c1-2-32-25(31)33-21-13-9-18(10-14-21)24(30)27-16-19-5-3-4-6-22(19)28-23(29)15-17-7-11-20(26)12-8-17/h3-14H,2,15-16H2,1H3,(H,27,30)(H,28,29). The highest BCUT2D eigenvalue weighted by molar-refractivity contribution is 6.30. The number of ether oxygens (including phenoxy) is 2. The summed E-state index contributed by atoms with van der Waals surface area (Å²) in [5, 5.41) is 6.33. The van der Waals surface area contributed by atoms with Gasteiger partial charge in [-0.05, 0) is 60.5 Å². The van der Waals surface area contributed by atoms with E-state index in [1.54, 1.807) is 49.4 Å². The summed E-state index contributed by atoms with van der Waals surface area (Å²) in [5.74, 6) is -0.202. The summed E-state index contributed by atoms with van der Waals surface area (Å²) in [4.78, 5) is 36.3. The van der Waals surface area contributed by atoms with Crippen LogP contribution in [0, 0.1) is 0 Å². The van der Waals surface area contributed by atoms with Crippen molar-refractivity contribution in [2.45, 2.75) is 19.9 Å². The number of para-hydroxylation sites is 1. The molecular weight excluding hydrogens is 444 g/mol. The van der Waals surface area contributed by atoms with Crippen LogP contribution in [-0.4, -0.2) is 24.6 Å². The molecule has 0 spiro atoms. The minimum absolute atomic E-state index is 0.173. The molecule has 3 aromatic carbocycles. The molecule has 0 aliphatic rings. The maximum Gasteiger partial charge on any atom is 0.513 e. The lowest BCUT2D eigenvalue weighted by Gasteiger charge is -2.12. The number of benzene rings is 3. The first-order valence-electron chi connectivity index (χ1n) is 10.3. The fourth-order valence-corrected chi connectivity index (χ4v) is 3.10. The van der Waals surface area contributed by atoms with Gasteiger partial charge in [0.1, 0.15) is 5.75 Å².